The fraction of sp³-hybridized carbons (Fsp3) is 0.227. The van der Waals surface area contributed by atoms with Crippen molar-refractivity contribution in [3.05, 3.63) is 60.3 Å². The summed E-state index contributed by atoms with van der Waals surface area (Å²) in [6.07, 6.45) is 3.16. The Kier molecular flexibility index (Phi) is 4.93. The summed E-state index contributed by atoms with van der Waals surface area (Å²) < 4.78 is 5.42. The van der Waals surface area contributed by atoms with Crippen molar-refractivity contribution in [1.29, 1.82) is 0 Å². The lowest BCUT2D eigenvalue weighted by Gasteiger charge is -2.17. The van der Waals surface area contributed by atoms with Crippen molar-refractivity contribution in [2.45, 2.75) is 26.2 Å². The summed E-state index contributed by atoms with van der Waals surface area (Å²) >= 11 is 0. The quantitative estimate of drug-likeness (QED) is 0.727. The number of anilines is 2. The molecule has 0 radical (unpaired) electrons. The maximum absolute atomic E-state index is 12.3. The molecule has 2 aromatic carbocycles. The normalized spacial score (nSPS) is 12.7. The van der Waals surface area contributed by atoms with Gasteiger partial charge in [0.05, 0.1) is 17.4 Å². The van der Waals surface area contributed by atoms with Gasteiger partial charge >= 0.3 is 6.09 Å². The van der Waals surface area contributed by atoms with Crippen molar-refractivity contribution in [1.82, 2.24) is 4.98 Å². The van der Waals surface area contributed by atoms with E-state index in [0.717, 1.165) is 35.0 Å². The third-order valence-corrected chi connectivity index (χ3v) is 4.76. The Labute approximate surface area is 163 Å². The van der Waals surface area contributed by atoms with Crippen molar-refractivity contribution >= 4 is 34.3 Å². The second kappa shape index (κ2) is 7.68. The Morgan fingerprint density at radius 3 is 2.89 bits per heavy atom. The molecule has 0 atom stereocenters. The van der Waals surface area contributed by atoms with Crippen molar-refractivity contribution in [3.63, 3.8) is 0 Å². The SMILES string of the molecule is CCCC(=O)N1CCc2cc(OC(=O)Nc3cnc4ccccc4c3)ccc21. The average Bonchev–Trinajstić information content (AvgIpc) is 3.11. The van der Waals surface area contributed by atoms with Gasteiger partial charge in [0.25, 0.3) is 0 Å². The largest absolute Gasteiger partial charge is 0.417 e. The Morgan fingerprint density at radius 2 is 2.04 bits per heavy atom. The highest BCUT2D eigenvalue weighted by molar-refractivity contribution is 5.95. The van der Waals surface area contributed by atoms with Gasteiger partial charge in [-0.25, -0.2) is 4.79 Å². The van der Waals surface area contributed by atoms with E-state index < -0.39 is 6.09 Å². The fourth-order valence-electron chi connectivity index (χ4n) is 3.44. The molecule has 4 rings (SSSR count). The van der Waals surface area contributed by atoms with Crippen LogP contribution in [-0.4, -0.2) is 23.5 Å². The van der Waals surface area contributed by atoms with Crippen molar-refractivity contribution < 1.29 is 14.3 Å². The van der Waals surface area contributed by atoms with Crippen LogP contribution in [0.15, 0.2) is 54.7 Å². The number of hydrogen-bond donors (Lipinski definition) is 1. The number of amides is 2. The summed E-state index contributed by atoms with van der Waals surface area (Å²) in [6.45, 7) is 2.67. The van der Waals surface area contributed by atoms with Gasteiger partial charge in [-0.1, -0.05) is 25.1 Å². The number of nitrogens with zero attached hydrogens (tertiary/aromatic N) is 2. The highest BCUT2D eigenvalue weighted by atomic mass is 16.6. The first-order chi connectivity index (χ1) is 13.6. The van der Waals surface area contributed by atoms with Gasteiger partial charge in [-0.2, -0.15) is 0 Å². The van der Waals surface area contributed by atoms with Gasteiger partial charge in [-0.05, 0) is 48.7 Å². The van der Waals surface area contributed by atoms with E-state index in [1.807, 2.05) is 54.3 Å². The van der Waals surface area contributed by atoms with Crippen LogP contribution >= 0.6 is 0 Å². The summed E-state index contributed by atoms with van der Waals surface area (Å²) in [6, 6.07) is 14.9. The van der Waals surface area contributed by atoms with Gasteiger partial charge in [0.15, 0.2) is 0 Å². The average molecular weight is 375 g/mol. The zero-order valence-corrected chi connectivity index (χ0v) is 15.6. The molecule has 2 amide bonds. The minimum Gasteiger partial charge on any atom is -0.410 e. The predicted octanol–water partition coefficient (Wildman–Crippen LogP) is 4.53. The highest BCUT2D eigenvalue weighted by Crippen LogP contribution is 2.32. The fourth-order valence-corrected chi connectivity index (χ4v) is 3.44. The summed E-state index contributed by atoms with van der Waals surface area (Å²) in [5, 5.41) is 3.65. The molecular weight excluding hydrogens is 354 g/mol. The molecular formula is C22H21N3O3. The predicted molar refractivity (Wildman–Crippen MR) is 109 cm³/mol. The first-order valence-electron chi connectivity index (χ1n) is 9.41. The zero-order valence-electron chi connectivity index (χ0n) is 15.6. The first kappa shape index (κ1) is 18.0. The monoisotopic (exact) mass is 375 g/mol. The van der Waals surface area contributed by atoms with E-state index in [9.17, 15) is 9.59 Å². The van der Waals surface area contributed by atoms with Gasteiger partial charge in [-0.3, -0.25) is 15.1 Å². The van der Waals surface area contributed by atoms with Gasteiger partial charge in [0.2, 0.25) is 5.91 Å². The van der Waals surface area contributed by atoms with E-state index >= 15 is 0 Å². The standard InChI is InChI=1S/C22H21N3O3/c1-2-5-21(26)25-11-10-16-13-18(8-9-20(16)25)28-22(27)24-17-12-15-6-3-4-7-19(15)23-14-17/h3-4,6-9,12-14H,2,5,10-11H2,1H3,(H,24,27). The molecule has 0 saturated heterocycles. The van der Waals surface area contributed by atoms with Crippen LogP contribution in [0.5, 0.6) is 5.75 Å². The number of pyridine rings is 1. The highest BCUT2D eigenvalue weighted by Gasteiger charge is 2.24. The van der Waals surface area contributed by atoms with Crippen LogP contribution in [0.1, 0.15) is 25.3 Å². The third-order valence-electron chi connectivity index (χ3n) is 4.76. The Hall–Kier alpha value is -3.41. The summed E-state index contributed by atoms with van der Waals surface area (Å²) in [7, 11) is 0. The minimum absolute atomic E-state index is 0.136. The molecule has 142 valence electrons. The second-order valence-corrected chi connectivity index (χ2v) is 6.77. The number of ether oxygens (including phenoxy) is 1. The summed E-state index contributed by atoms with van der Waals surface area (Å²) in [4.78, 5) is 30.6. The van der Waals surface area contributed by atoms with Crippen molar-refractivity contribution in [2.24, 2.45) is 0 Å². The number of nitrogens with one attached hydrogen (secondary N) is 1. The van der Waals surface area contributed by atoms with Crippen LogP contribution < -0.4 is 15.0 Å². The van der Waals surface area contributed by atoms with Crippen LogP contribution in [0, 0.1) is 0 Å². The van der Waals surface area contributed by atoms with Gasteiger partial charge in [0, 0.05) is 24.0 Å². The number of aromatic nitrogens is 1. The lowest BCUT2D eigenvalue weighted by molar-refractivity contribution is -0.118. The number of rotatable bonds is 4. The molecule has 28 heavy (non-hydrogen) atoms. The molecule has 0 bridgehead atoms. The van der Waals surface area contributed by atoms with Gasteiger partial charge in [-0.15, -0.1) is 0 Å². The van der Waals surface area contributed by atoms with Crippen LogP contribution in [0.2, 0.25) is 0 Å². The topological polar surface area (TPSA) is 71.5 Å². The molecule has 0 saturated carbocycles. The van der Waals surface area contributed by atoms with E-state index in [1.165, 1.54) is 0 Å². The number of fused-ring (bicyclic) bond motifs is 2. The molecule has 1 aromatic heterocycles. The molecule has 2 heterocycles. The van der Waals surface area contributed by atoms with E-state index in [4.69, 9.17) is 4.74 Å². The molecule has 0 aliphatic carbocycles. The van der Waals surface area contributed by atoms with Gasteiger partial charge in [0.1, 0.15) is 5.75 Å². The van der Waals surface area contributed by atoms with E-state index in [-0.39, 0.29) is 5.91 Å². The number of benzene rings is 2. The lowest BCUT2D eigenvalue weighted by atomic mass is 10.1. The van der Waals surface area contributed by atoms with E-state index in [1.54, 1.807) is 12.3 Å². The van der Waals surface area contributed by atoms with Crippen LogP contribution in [0.3, 0.4) is 0 Å². The maximum atomic E-state index is 12.3. The smallest absolute Gasteiger partial charge is 0.410 e. The molecule has 6 heteroatoms. The Morgan fingerprint density at radius 1 is 1.18 bits per heavy atom. The van der Waals surface area contributed by atoms with Crippen molar-refractivity contribution in [3.8, 4) is 5.75 Å². The molecule has 0 fully saturated rings. The lowest BCUT2D eigenvalue weighted by Crippen LogP contribution is -2.28. The molecule has 1 aliphatic rings. The zero-order chi connectivity index (χ0) is 19.5. The first-order valence-corrected chi connectivity index (χ1v) is 9.41. The molecule has 1 N–H and O–H groups in total. The number of hydrogen-bond acceptors (Lipinski definition) is 4. The van der Waals surface area contributed by atoms with E-state index in [0.29, 0.717) is 24.4 Å². The second-order valence-electron chi connectivity index (χ2n) is 6.77. The van der Waals surface area contributed by atoms with Crippen LogP contribution in [0.25, 0.3) is 10.9 Å². The Bertz CT molecular complexity index is 1050. The molecule has 0 unspecified atom stereocenters. The van der Waals surface area contributed by atoms with Gasteiger partial charge < -0.3 is 9.64 Å². The van der Waals surface area contributed by atoms with Crippen molar-refractivity contribution in [2.75, 3.05) is 16.8 Å². The third kappa shape index (κ3) is 3.67. The molecule has 6 nitrogen and oxygen atoms in total. The summed E-state index contributed by atoms with van der Waals surface area (Å²) in [5.74, 6) is 0.589. The maximum Gasteiger partial charge on any atom is 0.417 e. The molecule has 3 aromatic rings. The van der Waals surface area contributed by atoms with E-state index in [2.05, 4.69) is 10.3 Å². The van der Waals surface area contributed by atoms with Crippen LogP contribution in [0.4, 0.5) is 16.2 Å². The Balaban J connectivity index is 1.44. The van der Waals surface area contributed by atoms with Crippen LogP contribution in [-0.2, 0) is 11.2 Å². The minimum atomic E-state index is -0.575. The number of carbonyl (C=O) groups excluding carboxylic acids is 2. The number of para-hydroxylation sites is 1. The molecule has 1 aliphatic heterocycles. The molecule has 0 spiro atoms. The summed E-state index contributed by atoms with van der Waals surface area (Å²) in [5.41, 5.74) is 3.36. The number of carbonyl (C=O) groups is 2.